The molecule has 1 heterocycles. The van der Waals surface area contributed by atoms with E-state index >= 15 is 0 Å². The van der Waals surface area contributed by atoms with Crippen molar-refractivity contribution in [3.05, 3.63) is 82.3 Å². The summed E-state index contributed by atoms with van der Waals surface area (Å²) in [7, 11) is 0. The highest BCUT2D eigenvalue weighted by Crippen LogP contribution is 2.30. The van der Waals surface area contributed by atoms with E-state index in [1.807, 2.05) is 0 Å². The van der Waals surface area contributed by atoms with E-state index in [4.69, 9.17) is 9.15 Å². The minimum atomic E-state index is -0.427. The van der Waals surface area contributed by atoms with Crippen LogP contribution in [0.2, 0.25) is 0 Å². The van der Waals surface area contributed by atoms with Gasteiger partial charge in [0.1, 0.15) is 11.5 Å². The molecular weight excluding hydrogens is 450 g/mol. The molecule has 2 amide bonds. The Bertz CT molecular complexity index is 1290. The normalized spacial score (nSPS) is 13.7. The third kappa shape index (κ3) is 5.24. The van der Waals surface area contributed by atoms with Crippen molar-refractivity contribution in [2.45, 2.75) is 33.1 Å². The molecular formula is C26H25N3O6. The smallest absolute Gasteiger partial charge is 0.338 e. The van der Waals surface area contributed by atoms with Crippen LogP contribution in [0.1, 0.15) is 67.9 Å². The number of hydrogen-bond acceptors (Lipinski definition) is 7. The van der Waals surface area contributed by atoms with E-state index in [0.29, 0.717) is 46.7 Å². The van der Waals surface area contributed by atoms with Gasteiger partial charge in [0.05, 0.1) is 17.9 Å². The molecule has 0 radical (unpaired) electrons. The fourth-order valence-corrected chi connectivity index (χ4v) is 3.88. The van der Waals surface area contributed by atoms with Crippen LogP contribution in [0.5, 0.6) is 5.75 Å². The zero-order valence-corrected chi connectivity index (χ0v) is 19.4. The number of anilines is 1. The van der Waals surface area contributed by atoms with Crippen LogP contribution in [0.4, 0.5) is 5.69 Å². The number of carbonyl (C=O) groups excluding carboxylic acids is 3. The number of amides is 2. The molecule has 0 fully saturated rings. The van der Waals surface area contributed by atoms with Crippen molar-refractivity contribution in [2.24, 2.45) is 5.10 Å². The minimum absolute atomic E-state index is 0.0690. The molecule has 0 atom stereocenters. The lowest BCUT2D eigenvalue weighted by atomic mass is 9.93. The lowest BCUT2D eigenvalue weighted by Crippen LogP contribution is -2.22. The zero-order chi connectivity index (χ0) is 24.9. The van der Waals surface area contributed by atoms with E-state index < -0.39 is 17.8 Å². The maximum atomic E-state index is 12.9. The first kappa shape index (κ1) is 23.7. The summed E-state index contributed by atoms with van der Waals surface area (Å²) in [5.41, 5.74) is 5.81. The van der Waals surface area contributed by atoms with Crippen LogP contribution in [-0.4, -0.2) is 35.2 Å². The van der Waals surface area contributed by atoms with Gasteiger partial charge in [0.2, 0.25) is 0 Å². The lowest BCUT2D eigenvalue weighted by Gasteiger charge is -2.13. The summed E-state index contributed by atoms with van der Waals surface area (Å²) in [5, 5.41) is 16.5. The second-order valence-corrected chi connectivity index (χ2v) is 8.01. The number of ether oxygens (including phenoxy) is 1. The van der Waals surface area contributed by atoms with Gasteiger partial charge in [-0.1, -0.05) is 0 Å². The summed E-state index contributed by atoms with van der Waals surface area (Å²) in [5.74, 6) is -0.370. The number of nitrogens with zero attached hydrogens (tertiary/aromatic N) is 1. The summed E-state index contributed by atoms with van der Waals surface area (Å²) in [4.78, 5) is 37.1. The number of rotatable bonds is 6. The monoisotopic (exact) mass is 475 g/mol. The first-order valence-electron chi connectivity index (χ1n) is 11.2. The largest absolute Gasteiger partial charge is 0.508 e. The van der Waals surface area contributed by atoms with Gasteiger partial charge in [-0.3, -0.25) is 9.59 Å². The van der Waals surface area contributed by atoms with Crippen molar-refractivity contribution < 1.29 is 28.6 Å². The topological polar surface area (TPSA) is 130 Å². The molecule has 1 aliphatic rings. The number of aryl methyl sites for hydroxylation is 1. The molecule has 0 bridgehead atoms. The van der Waals surface area contributed by atoms with Crippen LogP contribution >= 0.6 is 0 Å². The van der Waals surface area contributed by atoms with Gasteiger partial charge in [-0.2, -0.15) is 5.10 Å². The van der Waals surface area contributed by atoms with Gasteiger partial charge in [-0.05, 0) is 75.2 Å². The molecule has 0 spiro atoms. The third-order valence-electron chi connectivity index (χ3n) is 5.61. The highest BCUT2D eigenvalue weighted by atomic mass is 16.5. The molecule has 9 nitrogen and oxygen atoms in total. The molecule has 4 rings (SSSR count). The summed E-state index contributed by atoms with van der Waals surface area (Å²) < 4.78 is 10.9. The van der Waals surface area contributed by atoms with E-state index in [2.05, 4.69) is 15.8 Å². The number of esters is 1. The molecule has 0 saturated heterocycles. The molecule has 1 aliphatic carbocycles. The van der Waals surface area contributed by atoms with Gasteiger partial charge >= 0.3 is 5.97 Å². The molecule has 180 valence electrons. The van der Waals surface area contributed by atoms with Crippen molar-refractivity contribution in [1.29, 1.82) is 0 Å². The summed E-state index contributed by atoms with van der Waals surface area (Å²) >= 11 is 0. The van der Waals surface area contributed by atoms with Crippen LogP contribution in [-0.2, 0) is 11.2 Å². The fraction of sp³-hybridized carbons (Fsp3) is 0.231. The SMILES string of the molecule is CCOC(=O)c1ccc(NC(=O)c2oc3c(c2C)/C(=N/NC(=O)c2ccc(O)cc2)CCC3)cc1. The number of carbonyl (C=O) groups is 3. The third-order valence-corrected chi connectivity index (χ3v) is 5.61. The van der Waals surface area contributed by atoms with Crippen LogP contribution in [0, 0.1) is 6.92 Å². The van der Waals surface area contributed by atoms with E-state index in [-0.39, 0.29) is 18.1 Å². The first-order valence-corrected chi connectivity index (χ1v) is 11.2. The van der Waals surface area contributed by atoms with Gasteiger partial charge in [0.15, 0.2) is 5.76 Å². The Kier molecular flexibility index (Phi) is 6.96. The van der Waals surface area contributed by atoms with Crippen LogP contribution in [0.3, 0.4) is 0 Å². The fourth-order valence-electron chi connectivity index (χ4n) is 3.88. The van der Waals surface area contributed by atoms with Gasteiger partial charge in [0.25, 0.3) is 11.8 Å². The van der Waals surface area contributed by atoms with E-state index in [1.54, 1.807) is 38.1 Å². The second kappa shape index (κ2) is 10.3. The quantitative estimate of drug-likeness (QED) is 0.362. The number of hydrogen-bond donors (Lipinski definition) is 3. The molecule has 0 unspecified atom stereocenters. The van der Waals surface area contributed by atoms with Crippen molar-refractivity contribution in [3.8, 4) is 5.75 Å². The molecule has 3 N–H and O–H groups in total. The summed E-state index contributed by atoms with van der Waals surface area (Å²) in [6, 6.07) is 12.3. The summed E-state index contributed by atoms with van der Waals surface area (Å²) in [6.45, 7) is 3.80. The molecule has 0 saturated carbocycles. The minimum Gasteiger partial charge on any atom is -0.508 e. The number of aromatic hydroxyl groups is 1. The maximum absolute atomic E-state index is 12.9. The molecule has 9 heteroatoms. The number of nitrogens with one attached hydrogen (secondary N) is 2. The van der Waals surface area contributed by atoms with Crippen LogP contribution in [0.25, 0.3) is 0 Å². The van der Waals surface area contributed by atoms with Gasteiger partial charge < -0.3 is 19.6 Å². The van der Waals surface area contributed by atoms with Gasteiger partial charge in [-0.25, -0.2) is 10.2 Å². The second-order valence-electron chi connectivity index (χ2n) is 8.01. The number of phenolic OH excluding ortho intramolecular Hbond substituents is 1. The molecule has 0 aliphatic heterocycles. The Morgan fingerprint density at radius 2 is 1.69 bits per heavy atom. The Labute approximate surface area is 201 Å². The van der Waals surface area contributed by atoms with Crippen molar-refractivity contribution in [1.82, 2.24) is 5.43 Å². The Hall–Kier alpha value is -4.40. The highest BCUT2D eigenvalue weighted by molar-refractivity contribution is 6.09. The van der Waals surface area contributed by atoms with Crippen LogP contribution < -0.4 is 10.7 Å². The van der Waals surface area contributed by atoms with E-state index in [9.17, 15) is 19.5 Å². The maximum Gasteiger partial charge on any atom is 0.338 e. The standard InChI is InChI=1S/C26H25N3O6/c1-3-34-26(33)17-7-11-18(12-8-17)27-25(32)23-15(2)22-20(5-4-6-21(22)35-23)28-29-24(31)16-9-13-19(30)14-10-16/h7-14,30H,3-6H2,1-2H3,(H,27,32)(H,29,31)/b28-20+. The van der Waals surface area contributed by atoms with Crippen molar-refractivity contribution in [3.63, 3.8) is 0 Å². The van der Waals surface area contributed by atoms with E-state index in [1.165, 1.54) is 24.3 Å². The van der Waals surface area contributed by atoms with Crippen LogP contribution in [0.15, 0.2) is 58.0 Å². The van der Waals surface area contributed by atoms with Gasteiger partial charge in [-0.15, -0.1) is 0 Å². The Morgan fingerprint density at radius 3 is 2.37 bits per heavy atom. The average Bonchev–Trinajstić information content (AvgIpc) is 3.20. The highest BCUT2D eigenvalue weighted by Gasteiger charge is 2.28. The first-order chi connectivity index (χ1) is 16.9. The summed E-state index contributed by atoms with van der Waals surface area (Å²) in [6.07, 6.45) is 2.05. The Balaban J connectivity index is 1.50. The zero-order valence-electron chi connectivity index (χ0n) is 19.4. The molecule has 1 aromatic heterocycles. The number of benzene rings is 2. The van der Waals surface area contributed by atoms with Crippen molar-refractivity contribution in [2.75, 3.05) is 11.9 Å². The van der Waals surface area contributed by atoms with E-state index in [0.717, 1.165) is 12.0 Å². The number of furan rings is 1. The molecule has 2 aromatic carbocycles. The molecule has 3 aromatic rings. The number of fused-ring (bicyclic) bond motifs is 1. The predicted octanol–water partition coefficient (Wildman–Crippen LogP) is 4.19. The molecule has 35 heavy (non-hydrogen) atoms. The Morgan fingerprint density at radius 1 is 1.00 bits per heavy atom. The van der Waals surface area contributed by atoms with Gasteiger partial charge in [0, 0.05) is 28.8 Å². The number of hydrazone groups is 1. The van der Waals surface area contributed by atoms with Crippen molar-refractivity contribution >= 4 is 29.2 Å². The average molecular weight is 476 g/mol. The number of phenols is 1. The predicted molar refractivity (Wildman–Crippen MR) is 129 cm³/mol. The lowest BCUT2D eigenvalue weighted by molar-refractivity contribution is 0.0526.